The van der Waals surface area contributed by atoms with Crippen LogP contribution in [0.1, 0.15) is 5.56 Å². The average Bonchev–Trinajstić information content (AvgIpc) is 2.46. The summed E-state index contributed by atoms with van der Waals surface area (Å²) in [5.41, 5.74) is 2.40. The van der Waals surface area contributed by atoms with E-state index in [4.69, 9.17) is 14.7 Å². The van der Waals surface area contributed by atoms with Crippen molar-refractivity contribution in [1.29, 1.82) is 5.26 Å². The Kier molecular flexibility index (Phi) is 3.44. The minimum atomic E-state index is 0.516. The fourth-order valence-electron chi connectivity index (χ4n) is 1.63. The van der Waals surface area contributed by atoms with E-state index in [0.29, 0.717) is 17.2 Å². The zero-order valence-corrected chi connectivity index (χ0v) is 10.2. The molecule has 1 heterocycles. The molecule has 0 bridgehead atoms. The lowest BCUT2D eigenvalue weighted by molar-refractivity contribution is 0.398. The number of hydrogen-bond acceptors (Lipinski definition) is 4. The lowest BCUT2D eigenvalue weighted by Crippen LogP contribution is -1.90. The Hall–Kier alpha value is -2.54. The molecule has 18 heavy (non-hydrogen) atoms. The Labute approximate surface area is 105 Å². The first-order valence-corrected chi connectivity index (χ1v) is 5.37. The second-order valence-corrected chi connectivity index (χ2v) is 3.62. The minimum Gasteiger partial charge on any atom is -0.495 e. The summed E-state index contributed by atoms with van der Waals surface area (Å²) in [5.74, 6) is 1.13. The van der Waals surface area contributed by atoms with Crippen LogP contribution in [0.4, 0.5) is 0 Å². The number of pyridine rings is 1. The molecule has 0 N–H and O–H groups in total. The minimum absolute atomic E-state index is 0.516. The van der Waals surface area contributed by atoms with Crippen molar-refractivity contribution in [2.24, 2.45) is 0 Å². The van der Waals surface area contributed by atoms with Gasteiger partial charge in [0.25, 0.3) is 0 Å². The molecule has 0 spiro atoms. The van der Waals surface area contributed by atoms with E-state index in [0.717, 1.165) is 11.1 Å². The van der Waals surface area contributed by atoms with Gasteiger partial charge in [-0.3, -0.25) is 0 Å². The van der Waals surface area contributed by atoms with E-state index in [2.05, 4.69) is 11.1 Å². The maximum Gasteiger partial charge on any atom is 0.212 e. The molecule has 0 saturated heterocycles. The number of nitriles is 1. The van der Waals surface area contributed by atoms with Gasteiger partial charge in [0.05, 0.1) is 19.8 Å². The second kappa shape index (κ2) is 5.19. The van der Waals surface area contributed by atoms with Crippen LogP contribution in [0.2, 0.25) is 0 Å². The topological polar surface area (TPSA) is 55.1 Å². The molecule has 0 amide bonds. The highest BCUT2D eigenvalue weighted by atomic mass is 16.5. The number of methoxy groups -OCH3 is 2. The van der Waals surface area contributed by atoms with Gasteiger partial charge in [-0.1, -0.05) is 6.07 Å². The van der Waals surface area contributed by atoms with Gasteiger partial charge in [-0.05, 0) is 23.8 Å². The fraction of sp³-hybridized carbons (Fsp3) is 0.143. The first-order chi connectivity index (χ1) is 8.78. The number of rotatable bonds is 3. The van der Waals surface area contributed by atoms with Crippen LogP contribution in [0.25, 0.3) is 11.1 Å². The van der Waals surface area contributed by atoms with Crippen LogP contribution < -0.4 is 9.47 Å². The van der Waals surface area contributed by atoms with Gasteiger partial charge in [-0.25, -0.2) is 4.98 Å². The van der Waals surface area contributed by atoms with Crippen molar-refractivity contribution in [3.05, 3.63) is 42.1 Å². The van der Waals surface area contributed by atoms with Gasteiger partial charge in [0.1, 0.15) is 11.8 Å². The molecule has 1 aromatic heterocycles. The normalized spacial score (nSPS) is 9.61. The predicted octanol–water partition coefficient (Wildman–Crippen LogP) is 2.64. The smallest absolute Gasteiger partial charge is 0.212 e. The molecule has 0 radical (unpaired) electrons. The van der Waals surface area contributed by atoms with Gasteiger partial charge in [-0.15, -0.1) is 0 Å². The Morgan fingerprint density at radius 1 is 1.06 bits per heavy atom. The summed E-state index contributed by atoms with van der Waals surface area (Å²) < 4.78 is 10.2. The lowest BCUT2D eigenvalue weighted by atomic mass is 10.1. The third-order valence-corrected chi connectivity index (χ3v) is 2.60. The molecule has 4 nitrogen and oxygen atoms in total. The maximum atomic E-state index is 8.92. The third kappa shape index (κ3) is 2.25. The van der Waals surface area contributed by atoms with Crippen LogP contribution in [0.3, 0.4) is 0 Å². The largest absolute Gasteiger partial charge is 0.495 e. The number of nitrogens with zero attached hydrogens (tertiary/aromatic N) is 2. The summed E-state index contributed by atoms with van der Waals surface area (Å²) in [6.45, 7) is 0. The van der Waals surface area contributed by atoms with Crippen molar-refractivity contribution in [2.75, 3.05) is 14.2 Å². The summed E-state index contributed by atoms with van der Waals surface area (Å²) in [6.07, 6.45) is 1.72. The first kappa shape index (κ1) is 11.9. The van der Waals surface area contributed by atoms with Crippen molar-refractivity contribution in [1.82, 2.24) is 4.98 Å². The van der Waals surface area contributed by atoms with Gasteiger partial charge in [0.15, 0.2) is 0 Å². The molecule has 1 aromatic carbocycles. The molecule has 0 unspecified atom stereocenters. The van der Waals surface area contributed by atoms with Gasteiger partial charge < -0.3 is 9.47 Å². The summed E-state index contributed by atoms with van der Waals surface area (Å²) in [7, 11) is 3.12. The van der Waals surface area contributed by atoms with E-state index in [9.17, 15) is 0 Å². The van der Waals surface area contributed by atoms with Crippen LogP contribution in [0.15, 0.2) is 36.5 Å². The van der Waals surface area contributed by atoms with Gasteiger partial charge in [0.2, 0.25) is 5.88 Å². The second-order valence-electron chi connectivity index (χ2n) is 3.62. The Bertz CT molecular complexity index is 586. The molecule has 0 fully saturated rings. The maximum absolute atomic E-state index is 8.92. The molecule has 90 valence electrons. The van der Waals surface area contributed by atoms with Crippen LogP contribution in [-0.4, -0.2) is 19.2 Å². The molecule has 2 aromatic rings. The molecule has 0 atom stereocenters. The zero-order valence-electron chi connectivity index (χ0n) is 10.2. The van der Waals surface area contributed by atoms with E-state index in [-0.39, 0.29) is 0 Å². The first-order valence-electron chi connectivity index (χ1n) is 5.37. The molecule has 0 saturated carbocycles. The number of benzene rings is 1. The lowest BCUT2D eigenvalue weighted by Gasteiger charge is -2.07. The SMILES string of the molecule is COc1ccc(-c2ccc(C#N)c(OC)c2)cn1. The molecule has 0 aliphatic heterocycles. The average molecular weight is 240 g/mol. The van der Waals surface area contributed by atoms with Crippen LogP contribution in [0, 0.1) is 11.3 Å². The van der Waals surface area contributed by atoms with Crippen molar-refractivity contribution in [2.45, 2.75) is 0 Å². The van der Waals surface area contributed by atoms with Crippen molar-refractivity contribution < 1.29 is 9.47 Å². The fourth-order valence-corrected chi connectivity index (χ4v) is 1.63. The van der Waals surface area contributed by atoms with Crippen molar-refractivity contribution >= 4 is 0 Å². The Balaban J connectivity index is 2.41. The third-order valence-electron chi connectivity index (χ3n) is 2.60. The number of aromatic nitrogens is 1. The van der Waals surface area contributed by atoms with Gasteiger partial charge in [0, 0.05) is 17.8 Å². The standard InChI is InChI=1S/C14H12N2O2/c1-17-13-7-10(3-4-11(13)8-15)12-5-6-14(18-2)16-9-12/h3-7,9H,1-2H3. The van der Waals surface area contributed by atoms with E-state index < -0.39 is 0 Å². The van der Waals surface area contributed by atoms with Crippen molar-refractivity contribution in [3.8, 4) is 28.8 Å². The summed E-state index contributed by atoms with van der Waals surface area (Å²) in [4.78, 5) is 4.14. The van der Waals surface area contributed by atoms with Crippen LogP contribution in [-0.2, 0) is 0 Å². The van der Waals surface area contributed by atoms with Crippen molar-refractivity contribution in [3.63, 3.8) is 0 Å². The molecule has 4 heteroatoms. The van der Waals surface area contributed by atoms with Gasteiger partial charge in [-0.2, -0.15) is 5.26 Å². The van der Waals surface area contributed by atoms with E-state index in [1.165, 1.54) is 0 Å². The highest BCUT2D eigenvalue weighted by Crippen LogP contribution is 2.27. The highest BCUT2D eigenvalue weighted by Gasteiger charge is 2.05. The summed E-state index contributed by atoms with van der Waals surface area (Å²) in [5, 5.41) is 8.92. The molecule has 2 rings (SSSR count). The molecule has 0 aliphatic rings. The van der Waals surface area contributed by atoms with E-state index in [1.807, 2.05) is 18.2 Å². The predicted molar refractivity (Wildman–Crippen MR) is 67.5 cm³/mol. The van der Waals surface area contributed by atoms with E-state index in [1.54, 1.807) is 32.5 Å². The van der Waals surface area contributed by atoms with E-state index >= 15 is 0 Å². The Morgan fingerprint density at radius 3 is 2.39 bits per heavy atom. The van der Waals surface area contributed by atoms with Crippen LogP contribution in [0.5, 0.6) is 11.6 Å². The molecular formula is C14H12N2O2. The molecule has 0 aliphatic carbocycles. The Morgan fingerprint density at radius 2 is 1.83 bits per heavy atom. The molecular weight excluding hydrogens is 228 g/mol. The quantitative estimate of drug-likeness (QED) is 0.827. The summed E-state index contributed by atoms with van der Waals surface area (Å²) >= 11 is 0. The number of hydrogen-bond donors (Lipinski definition) is 0. The highest BCUT2D eigenvalue weighted by molar-refractivity contribution is 5.66. The zero-order chi connectivity index (χ0) is 13.0. The van der Waals surface area contributed by atoms with Crippen LogP contribution >= 0.6 is 0 Å². The van der Waals surface area contributed by atoms with Gasteiger partial charge >= 0.3 is 0 Å². The monoisotopic (exact) mass is 240 g/mol. The number of ether oxygens (including phenoxy) is 2. The summed E-state index contributed by atoms with van der Waals surface area (Å²) in [6, 6.07) is 11.2.